The number of nitrogens with one attached hydrogen (secondary N) is 1. The molecule has 0 unspecified atom stereocenters. The Morgan fingerprint density at radius 1 is 0.618 bits per heavy atom. The van der Waals surface area contributed by atoms with E-state index in [-0.39, 0.29) is 70.3 Å². The molecule has 0 spiro atoms. The molecule has 0 saturated carbocycles. The standard InChI is InChI=1S/C51H70F4N6O15/c1-3-9-61(75-4-2)51(64)39-30-38-6-5-37(31-43(38)60-44(56)32-39)40-34-57-45(58-35-40)36-59-46(62)7-10-65-12-14-67-16-18-69-20-22-71-24-26-73-28-29-74-27-25-72-23-21-70-19-17-68-15-13-66-11-8-47(63)76-50-48(54)41(52)33-42(53)49(50)55/h5-6,30-31,33-35H,3-4,7-29,32,36H2,1-2H3,(H2,56,60)(H,59,62). The summed E-state index contributed by atoms with van der Waals surface area (Å²) in [7, 11) is 0. The Bertz CT molecular complexity index is 2220. The Hall–Kier alpha value is -5.58. The molecule has 1 aliphatic rings. The number of hydrogen-bond donors (Lipinski definition) is 2. The highest BCUT2D eigenvalue weighted by molar-refractivity contribution is 6.05. The summed E-state index contributed by atoms with van der Waals surface area (Å²) in [4.78, 5) is 56.2. The summed E-state index contributed by atoms with van der Waals surface area (Å²) < 4.78 is 112. The fourth-order valence-corrected chi connectivity index (χ4v) is 6.52. The van der Waals surface area contributed by atoms with Crippen molar-refractivity contribution in [3.63, 3.8) is 0 Å². The SMILES string of the molecule is CCCN(OCC)C(=O)C1=Cc2ccc(-c3cnc(CNC(=O)CCOCCOCCOCCOCCOCCOCCOCCOCCOCCOCCC(=O)Oc4c(F)c(F)cc(F)c4F)nc3)cc2N=C(N)C1. The summed E-state index contributed by atoms with van der Waals surface area (Å²) in [5.74, 6) is -9.19. The Morgan fingerprint density at radius 2 is 1.08 bits per heavy atom. The first kappa shape index (κ1) is 63.0. The number of benzene rings is 2. The van der Waals surface area contributed by atoms with Crippen molar-refractivity contribution in [1.82, 2.24) is 20.3 Å². The molecule has 4 rings (SSSR count). The molecule has 3 N–H and O–H groups in total. The van der Waals surface area contributed by atoms with Crippen LogP contribution in [0.25, 0.3) is 17.2 Å². The number of fused-ring (bicyclic) bond motifs is 1. The van der Waals surface area contributed by atoms with Gasteiger partial charge in [0.25, 0.3) is 5.91 Å². The molecule has 1 aliphatic heterocycles. The van der Waals surface area contributed by atoms with Gasteiger partial charge in [-0.3, -0.25) is 19.2 Å². The molecule has 25 heteroatoms. The number of ether oxygens (including phenoxy) is 11. The van der Waals surface area contributed by atoms with Crippen molar-refractivity contribution in [2.75, 3.05) is 145 Å². The van der Waals surface area contributed by atoms with Gasteiger partial charge in [-0.2, -0.15) is 8.78 Å². The van der Waals surface area contributed by atoms with Crippen molar-refractivity contribution in [2.24, 2.45) is 10.7 Å². The van der Waals surface area contributed by atoms with Gasteiger partial charge in [-0.1, -0.05) is 19.1 Å². The van der Waals surface area contributed by atoms with E-state index in [2.05, 4.69) is 25.0 Å². The largest absolute Gasteiger partial charge is 0.420 e. The first-order chi connectivity index (χ1) is 37.0. The second kappa shape index (κ2) is 38.0. The molecule has 0 saturated heterocycles. The van der Waals surface area contributed by atoms with Gasteiger partial charge in [0.1, 0.15) is 11.7 Å². The smallest absolute Gasteiger partial charge is 0.313 e. The van der Waals surface area contributed by atoms with Crippen LogP contribution < -0.4 is 15.8 Å². The normalized spacial score (nSPS) is 12.2. The van der Waals surface area contributed by atoms with Gasteiger partial charge < -0.3 is 63.2 Å². The molecule has 1 aromatic heterocycles. The average Bonchev–Trinajstić information content (AvgIpc) is 3.59. The van der Waals surface area contributed by atoms with Gasteiger partial charge in [-0.25, -0.2) is 28.8 Å². The lowest BCUT2D eigenvalue weighted by molar-refractivity contribution is -0.180. The average molecular weight is 1080 g/mol. The minimum absolute atomic E-state index is 0.0136. The second-order valence-corrected chi connectivity index (χ2v) is 16.1. The van der Waals surface area contributed by atoms with E-state index < -0.39 is 41.4 Å². The van der Waals surface area contributed by atoms with Crippen molar-refractivity contribution in [1.29, 1.82) is 0 Å². The van der Waals surface area contributed by atoms with Gasteiger partial charge in [-0.15, -0.1) is 0 Å². The van der Waals surface area contributed by atoms with Crippen LogP contribution in [0.4, 0.5) is 23.2 Å². The lowest BCUT2D eigenvalue weighted by Gasteiger charge is -2.21. The molecule has 0 bridgehead atoms. The summed E-state index contributed by atoms with van der Waals surface area (Å²) >= 11 is 0. The molecule has 0 atom stereocenters. The number of hydroxylamine groups is 2. The number of rotatable bonds is 42. The fraction of sp³-hybridized carbons (Fsp3) is 0.569. The third-order valence-corrected chi connectivity index (χ3v) is 10.3. The Balaban J connectivity index is 0.854. The van der Waals surface area contributed by atoms with Gasteiger partial charge in [0.2, 0.25) is 23.3 Å². The van der Waals surface area contributed by atoms with Crippen molar-refractivity contribution < 1.29 is 88.9 Å². The molecule has 0 aliphatic carbocycles. The van der Waals surface area contributed by atoms with Gasteiger partial charge >= 0.3 is 5.97 Å². The van der Waals surface area contributed by atoms with Crippen molar-refractivity contribution >= 4 is 35.4 Å². The predicted molar refractivity (Wildman–Crippen MR) is 266 cm³/mol. The monoisotopic (exact) mass is 1080 g/mol. The molecule has 0 radical (unpaired) electrons. The van der Waals surface area contributed by atoms with E-state index in [1.807, 2.05) is 32.0 Å². The Morgan fingerprint density at radius 3 is 1.54 bits per heavy atom. The minimum atomic E-state index is -1.80. The van der Waals surface area contributed by atoms with Crippen molar-refractivity contribution in [3.8, 4) is 16.9 Å². The number of carbonyl (C=O) groups is 3. The van der Waals surface area contributed by atoms with E-state index in [4.69, 9.17) is 57.9 Å². The van der Waals surface area contributed by atoms with Gasteiger partial charge in [0.05, 0.1) is 157 Å². The van der Waals surface area contributed by atoms with Crippen LogP contribution >= 0.6 is 0 Å². The highest BCUT2D eigenvalue weighted by Crippen LogP contribution is 2.32. The number of nitrogens with two attached hydrogens (primary N) is 1. The number of nitrogens with zero attached hydrogens (tertiary/aromatic N) is 4. The van der Waals surface area contributed by atoms with Gasteiger partial charge in [0, 0.05) is 54.5 Å². The number of aliphatic imine (C=N–C) groups is 1. The second-order valence-electron chi connectivity index (χ2n) is 16.1. The number of aromatic nitrogens is 2. The predicted octanol–water partition coefficient (Wildman–Crippen LogP) is 4.83. The van der Waals surface area contributed by atoms with Crippen molar-refractivity contribution in [3.05, 3.63) is 76.9 Å². The summed E-state index contributed by atoms with van der Waals surface area (Å²) in [5, 5.41) is 4.18. The molecule has 3 aromatic rings. The maximum atomic E-state index is 13.6. The van der Waals surface area contributed by atoms with Gasteiger partial charge in [-0.05, 0) is 31.1 Å². The first-order valence-electron chi connectivity index (χ1n) is 25.0. The summed E-state index contributed by atoms with van der Waals surface area (Å²) in [6.07, 6.45) is 5.88. The van der Waals surface area contributed by atoms with Crippen LogP contribution in [0.1, 0.15) is 50.9 Å². The van der Waals surface area contributed by atoms with E-state index in [9.17, 15) is 31.9 Å². The molecule has 21 nitrogen and oxygen atoms in total. The number of amidine groups is 1. The molecule has 2 aromatic carbocycles. The van der Waals surface area contributed by atoms with E-state index in [0.717, 1.165) is 23.1 Å². The number of carbonyl (C=O) groups excluding carboxylic acids is 3. The highest BCUT2D eigenvalue weighted by Gasteiger charge is 2.24. The zero-order chi connectivity index (χ0) is 54.6. The molecule has 2 amide bonds. The van der Waals surface area contributed by atoms with Crippen LogP contribution in [0.5, 0.6) is 5.75 Å². The number of amides is 2. The van der Waals surface area contributed by atoms with Crippen LogP contribution in [0.3, 0.4) is 0 Å². The van der Waals surface area contributed by atoms with Crippen LogP contribution in [0, 0.1) is 23.3 Å². The van der Waals surface area contributed by atoms with Gasteiger partial charge in [0.15, 0.2) is 11.6 Å². The molecule has 2 heterocycles. The number of esters is 1. The maximum Gasteiger partial charge on any atom is 0.313 e. The van der Waals surface area contributed by atoms with Crippen molar-refractivity contribution in [2.45, 2.75) is 46.1 Å². The number of hydrogen-bond acceptors (Lipinski definition) is 19. The lowest BCUT2D eigenvalue weighted by Crippen LogP contribution is -2.34. The third kappa shape index (κ3) is 25.1. The molecular weight excluding hydrogens is 1010 g/mol. The van der Waals surface area contributed by atoms with E-state index in [1.165, 1.54) is 5.06 Å². The summed E-state index contributed by atoms with van der Waals surface area (Å²) in [6.45, 7) is 11.3. The minimum Gasteiger partial charge on any atom is -0.420 e. The van der Waals surface area contributed by atoms with Crippen LogP contribution in [0.15, 0.2) is 47.2 Å². The summed E-state index contributed by atoms with van der Waals surface area (Å²) in [6, 6.07) is 5.67. The Labute approximate surface area is 439 Å². The van der Waals surface area contributed by atoms with Crippen LogP contribution in [-0.4, -0.2) is 184 Å². The summed E-state index contributed by atoms with van der Waals surface area (Å²) in [5.41, 5.74) is 9.68. The molecule has 76 heavy (non-hydrogen) atoms. The zero-order valence-electron chi connectivity index (χ0n) is 43.1. The quantitative estimate of drug-likeness (QED) is 0.0193. The molecular formula is C51H70F4N6O15. The lowest BCUT2D eigenvalue weighted by atomic mass is 10.0. The topological polar surface area (TPSA) is 241 Å². The fourth-order valence-electron chi connectivity index (χ4n) is 6.52. The van der Waals surface area contributed by atoms with Crippen LogP contribution in [0.2, 0.25) is 0 Å². The highest BCUT2D eigenvalue weighted by atomic mass is 19.2. The first-order valence-corrected chi connectivity index (χ1v) is 25.0. The maximum absolute atomic E-state index is 13.6. The Kier molecular flexibility index (Phi) is 31.5. The third-order valence-electron chi connectivity index (χ3n) is 10.3. The van der Waals surface area contributed by atoms with Crippen LogP contribution in [-0.2, 0) is 73.1 Å². The van der Waals surface area contributed by atoms with E-state index >= 15 is 0 Å². The van der Waals surface area contributed by atoms with E-state index in [0.29, 0.717) is 135 Å². The zero-order valence-corrected chi connectivity index (χ0v) is 43.1. The molecule has 0 fully saturated rings. The number of halogens is 4. The van der Waals surface area contributed by atoms with E-state index in [1.54, 1.807) is 18.5 Å². The molecule has 422 valence electrons.